The van der Waals surface area contributed by atoms with Crippen molar-refractivity contribution < 1.29 is 14.3 Å². The number of thioether (sulfide) groups is 1. The molecule has 1 atom stereocenters. The highest BCUT2D eigenvalue weighted by Crippen LogP contribution is 2.19. The van der Waals surface area contributed by atoms with Gasteiger partial charge in [0, 0.05) is 22.8 Å². The zero-order chi connectivity index (χ0) is 22.1. The summed E-state index contributed by atoms with van der Waals surface area (Å²) in [7, 11) is 1.61. The van der Waals surface area contributed by atoms with Crippen molar-refractivity contribution in [2.75, 3.05) is 12.9 Å². The average molecular weight is 493 g/mol. The van der Waals surface area contributed by atoms with Crippen LogP contribution < -0.4 is 10.1 Å². The largest absolute Gasteiger partial charge is 0.497 e. The normalized spacial score (nSPS) is 11.8. The van der Waals surface area contributed by atoms with Crippen LogP contribution in [0.1, 0.15) is 31.9 Å². The van der Waals surface area contributed by atoms with Gasteiger partial charge < -0.3 is 15.0 Å². The fraction of sp³-hybridized carbons (Fsp3) is 0.391. The molecule has 0 aromatic heterocycles. The van der Waals surface area contributed by atoms with Crippen molar-refractivity contribution in [3.05, 3.63) is 64.1 Å². The number of methoxy groups -OCH3 is 1. The maximum absolute atomic E-state index is 13.1. The molecule has 0 unspecified atom stereocenters. The van der Waals surface area contributed by atoms with E-state index in [2.05, 4.69) is 21.2 Å². The van der Waals surface area contributed by atoms with Gasteiger partial charge in [0.05, 0.1) is 12.9 Å². The van der Waals surface area contributed by atoms with Gasteiger partial charge in [0.25, 0.3) is 0 Å². The molecule has 0 saturated carbocycles. The number of hydrogen-bond acceptors (Lipinski definition) is 4. The molecule has 0 spiro atoms. The van der Waals surface area contributed by atoms with E-state index in [1.165, 1.54) is 0 Å². The molecule has 2 aromatic rings. The van der Waals surface area contributed by atoms with Gasteiger partial charge in [0.2, 0.25) is 11.8 Å². The van der Waals surface area contributed by atoms with Crippen molar-refractivity contribution in [1.82, 2.24) is 10.2 Å². The summed E-state index contributed by atoms with van der Waals surface area (Å²) in [4.78, 5) is 27.3. The summed E-state index contributed by atoms with van der Waals surface area (Å²) in [5, 5.41) is 2.90. The molecule has 2 rings (SSSR count). The van der Waals surface area contributed by atoms with E-state index < -0.39 is 6.04 Å². The summed E-state index contributed by atoms with van der Waals surface area (Å²) in [5.41, 5.74) is 2.07. The van der Waals surface area contributed by atoms with Crippen LogP contribution in [0, 0.1) is 0 Å². The second kappa shape index (κ2) is 12.0. The first-order chi connectivity index (χ1) is 14.3. The molecule has 0 fully saturated rings. The van der Waals surface area contributed by atoms with Crippen molar-refractivity contribution in [3.63, 3.8) is 0 Å². The lowest BCUT2D eigenvalue weighted by molar-refractivity contribution is -0.138. The van der Waals surface area contributed by atoms with Crippen LogP contribution in [0.2, 0.25) is 0 Å². The minimum absolute atomic E-state index is 0.0144. The Kier molecular flexibility index (Phi) is 9.72. The molecule has 7 heteroatoms. The number of ether oxygens (including phenoxy) is 1. The van der Waals surface area contributed by atoms with Gasteiger partial charge in [0.15, 0.2) is 0 Å². The number of benzene rings is 2. The van der Waals surface area contributed by atoms with Gasteiger partial charge >= 0.3 is 0 Å². The second-order valence-electron chi connectivity index (χ2n) is 7.33. The van der Waals surface area contributed by atoms with E-state index >= 15 is 0 Å². The molecule has 0 aliphatic heterocycles. The number of amides is 2. The van der Waals surface area contributed by atoms with E-state index in [1.807, 2.05) is 62.4 Å². The van der Waals surface area contributed by atoms with Crippen LogP contribution in [0.5, 0.6) is 5.75 Å². The Morgan fingerprint density at radius 1 is 1.10 bits per heavy atom. The van der Waals surface area contributed by atoms with Crippen LogP contribution in [0.15, 0.2) is 53.0 Å². The number of carbonyl (C=O) groups is 2. The minimum Gasteiger partial charge on any atom is -0.497 e. The molecule has 0 bridgehead atoms. The second-order valence-corrected chi connectivity index (χ2v) is 9.23. The Morgan fingerprint density at radius 3 is 2.43 bits per heavy atom. The lowest BCUT2D eigenvalue weighted by Crippen LogP contribution is -2.49. The third kappa shape index (κ3) is 7.69. The molecule has 0 aliphatic carbocycles. The minimum atomic E-state index is -0.570. The molecule has 1 N–H and O–H groups in total. The molecular weight excluding hydrogens is 464 g/mol. The topological polar surface area (TPSA) is 58.6 Å². The van der Waals surface area contributed by atoms with Gasteiger partial charge in [-0.1, -0.05) is 40.2 Å². The van der Waals surface area contributed by atoms with E-state index in [-0.39, 0.29) is 17.9 Å². The Hall–Kier alpha value is -1.99. The third-order valence-electron chi connectivity index (χ3n) is 4.49. The van der Waals surface area contributed by atoms with Gasteiger partial charge in [-0.25, -0.2) is 0 Å². The predicted molar refractivity (Wildman–Crippen MR) is 127 cm³/mol. The lowest BCUT2D eigenvalue weighted by atomic mass is 10.1. The maximum Gasteiger partial charge on any atom is 0.242 e. The fourth-order valence-electron chi connectivity index (χ4n) is 2.87. The summed E-state index contributed by atoms with van der Waals surface area (Å²) >= 11 is 4.98. The number of rotatable bonds is 10. The van der Waals surface area contributed by atoms with Gasteiger partial charge in [-0.05, 0) is 56.2 Å². The molecule has 2 amide bonds. The molecule has 0 saturated heterocycles. The zero-order valence-electron chi connectivity index (χ0n) is 17.9. The fourth-order valence-corrected chi connectivity index (χ4v) is 4.01. The highest BCUT2D eigenvalue weighted by molar-refractivity contribution is 9.10. The first kappa shape index (κ1) is 24.3. The van der Waals surface area contributed by atoms with Gasteiger partial charge in [-0.3, -0.25) is 9.59 Å². The number of carbonyl (C=O) groups excluding carboxylic acids is 2. The summed E-state index contributed by atoms with van der Waals surface area (Å²) in [6.45, 7) is 5.94. The molecular formula is C23H29BrN2O3S. The van der Waals surface area contributed by atoms with Gasteiger partial charge in [0.1, 0.15) is 11.8 Å². The number of hydrogen-bond donors (Lipinski definition) is 1. The predicted octanol–water partition coefficient (Wildman–Crippen LogP) is 4.63. The van der Waals surface area contributed by atoms with E-state index in [1.54, 1.807) is 30.7 Å². The van der Waals surface area contributed by atoms with Crippen molar-refractivity contribution in [2.45, 2.75) is 45.2 Å². The molecule has 5 nitrogen and oxygen atoms in total. The Morgan fingerprint density at radius 2 is 1.80 bits per heavy atom. The summed E-state index contributed by atoms with van der Waals surface area (Å²) in [5.74, 6) is 1.55. The molecule has 2 aromatic carbocycles. The van der Waals surface area contributed by atoms with Crippen LogP contribution in [0.4, 0.5) is 0 Å². The van der Waals surface area contributed by atoms with Crippen molar-refractivity contribution in [3.8, 4) is 5.75 Å². The Bertz CT molecular complexity index is 843. The smallest absolute Gasteiger partial charge is 0.242 e. The van der Waals surface area contributed by atoms with Crippen molar-refractivity contribution >= 4 is 39.5 Å². The molecule has 0 aliphatic rings. The average Bonchev–Trinajstić information content (AvgIpc) is 2.72. The van der Waals surface area contributed by atoms with E-state index in [4.69, 9.17) is 4.74 Å². The van der Waals surface area contributed by atoms with Crippen molar-refractivity contribution in [2.24, 2.45) is 0 Å². The molecule has 162 valence electrons. The summed E-state index contributed by atoms with van der Waals surface area (Å²) in [6, 6.07) is 15.1. The standard InChI is InChI=1S/C23H29BrN2O3S/c1-16(2)25-23(28)17(3)26(13-19-6-5-7-21(12-19)29-4)22(27)15-30-14-18-8-10-20(24)11-9-18/h5-12,16-17H,13-15H2,1-4H3,(H,25,28)/t17-/m1/s1. The number of halogens is 1. The summed E-state index contributed by atoms with van der Waals surface area (Å²) < 4.78 is 6.32. The van der Waals surface area contributed by atoms with E-state index in [9.17, 15) is 9.59 Å². The highest BCUT2D eigenvalue weighted by atomic mass is 79.9. The third-order valence-corrected chi connectivity index (χ3v) is 6.01. The number of nitrogens with one attached hydrogen (secondary N) is 1. The molecule has 30 heavy (non-hydrogen) atoms. The Labute approximate surface area is 191 Å². The Balaban J connectivity index is 2.08. The quantitative estimate of drug-likeness (QED) is 0.524. The molecule has 0 heterocycles. The zero-order valence-corrected chi connectivity index (χ0v) is 20.3. The SMILES string of the molecule is COc1cccc(CN(C(=O)CSCc2ccc(Br)cc2)[C@H](C)C(=O)NC(C)C)c1. The van der Waals surface area contributed by atoms with E-state index in [0.717, 1.165) is 27.1 Å². The number of nitrogens with zero attached hydrogens (tertiary/aromatic N) is 1. The maximum atomic E-state index is 13.1. The van der Waals surface area contributed by atoms with Crippen molar-refractivity contribution in [1.29, 1.82) is 0 Å². The molecule has 0 radical (unpaired) electrons. The van der Waals surface area contributed by atoms with Crippen LogP contribution in [0.3, 0.4) is 0 Å². The first-order valence-electron chi connectivity index (χ1n) is 9.85. The van der Waals surface area contributed by atoms with Gasteiger partial charge in [-0.2, -0.15) is 0 Å². The van der Waals surface area contributed by atoms with Crippen LogP contribution in [0.25, 0.3) is 0 Å². The van der Waals surface area contributed by atoms with Crippen LogP contribution in [-0.2, 0) is 21.9 Å². The first-order valence-corrected chi connectivity index (χ1v) is 11.8. The monoisotopic (exact) mass is 492 g/mol. The lowest BCUT2D eigenvalue weighted by Gasteiger charge is -2.29. The van der Waals surface area contributed by atoms with Gasteiger partial charge in [-0.15, -0.1) is 11.8 Å². The van der Waals surface area contributed by atoms with Crippen LogP contribution >= 0.6 is 27.7 Å². The van der Waals surface area contributed by atoms with E-state index in [0.29, 0.717) is 12.3 Å². The highest BCUT2D eigenvalue weighted by Gasteiger charge is 2.26. The summed E-state index contributed by atoms with van der Waals surface area (Å²) in [6.07, 6.45) is 0. The van der Waals surface area contributed by atoms with Crippen LogP contribution in [-0.4, -0.2) is 41.7 Å².